The molecular weight excluding hydrogens is 244 g/mol. The number of hydrogen-bond donors (Lipinski definition) is 1. The molecule has 3 rings (SSSR count). The molecule has 1 aromatic rings. The number of anilines is 1. The molecule has 6 nitrogen and oxygen atoms in total. The van der Waals surface area contributed by atoms with Gasteiger partial charge < -0.3 is 10.1 Å². The Balaban J connectivity index is 1.70. The van der Waals surface area contributed by atoms with Gasteiger partial charge in [-0.3, -0.25) is 14.7 Å². The fourth-order valence-electron chi connectivity index (χ4n) is 2.50. The topological polar surface area (TPSA) is 67.4 Å². The van der Waals surface area contributed by atoms with E-state index in [1.807, 2.05) is 0 Å². The van der Waals surface area contributed by atoms with E-state index >= 15 is 0 Å². The van der Waals surface area contributed by atoms with Crippen molar-refractivity contribution in [1.29, 1.82) is 0 Å². The molecule has 1 N–H and O–H groups in total. The van der Waals surface area contributed by atoms with Gasteiger partial charge in [0, 0.05) is 13.0 Å². The number of piperidine rings is 1. The van der Waals surface area contributed by atoms with Gasteiger partial charge in [0.25, 0.3) is 0 Å². The normalized spacial score (nSPS) is 20.8. The highest BCUT2D eigenvalue weighted by Crippen LogP contribution is 2.21. The molecule has 2 saturated heterocycles. The molecule has 0 atom stereocenters. The van der Waals surface area contributed by atoms with Gasteiger partial charge in [0.2, 0.25) is 11.8 Å². The van der Waals surface area contributed by atoms with Crippen molar-refractivity contribution in [2.75, 3.05) is 24.5 Å². The first-order chi connectivity index (χ1) is 9.33. The molecule has 19 heavy (non-hydrogen) atoms. The molecule has 0 unspecified atom stereocenters. The van der Waals surface area contributed by atoms with Gasteiger partial charge in [0.05, 0.1) is 12.4 Å². The smallest absolute Gasteiger partial charge is 0.234 e. The first kappa shape index (κ1) is 12.3. The first-order valence-corrected chi connectivity index (χ1v) is 6.83. The monoisotopic (exact) mass is 262 g/mol. The molecule has 0 saturated carbocycles. The lowest BCUT2D eigenvalue weighted by Crippen LogP contribution is -2.34. The van der Waals surface area contributed by atoms with E-state index in [4.69, 9.17) is 4.74 Å². The molecule has 0 aromatic carbocycles. The van der Waals surface area contributed by atoms with Gasteiger partial charge in [-0.05, 0) is 32.4 Å². The summed E-state index contributed by atoms with van der Waals surface area (Å²) in [7, 11) is 0. The summed E-state index contributed by atoms with van der Waals surface area (Å²) in [6.45, 7) is 2.68. The third-order valence-electron chi connectivity index (χ3n) is 3.52. The number of rotatable bonds is 3. The number of ether oxygens (including phenoxy) is 1. The van der Waals surface area contributed by atoms with Crippen molar-refractivity contribution in [3.63, 3.8) is 0 Å². The molecule has 2 aliphatic rings. The van der Waals surface area contributed by atoms with Crippen molar-refractivity contribution in [2.45, 2.75) is 31.8 Å². The minimum absolute atomic E-state index is 0.119. The fourth-order valence-corrected chi connectivity index (χ4v) is 2.50. The van der Waals surface area contributed by atoms with E-state index in [0.29, 0.717) is 18.1 Å². The average Bonchev–Trinajstić information content (AvgIpc) is 2.86. The molecule has 3 heterocycles. The second-order valence-electron chi connectivity index (χ2n) is 4.93. The van der Waals surface area contributed by atoms with E-state index < -0.39 is 0 Å². The van der Waals surface area contributed by atoms with Crippen LogP contribution in [-0.2, 0) is 4.79 Å². The Hall–Kier alpha value is -1.69. The zero-order valence-corrected chi connectivity index (χ0v) is 10.8. The number of amides is 1. The van der Waals surface area contributed by atoms with Gasteiger partial charge in [-0.15, -0.1) is 0 Å². The van der Waals surface area contributed by atoms with Gasteiger partial charge in [-0.25, -0.2) is 0 Å². The predicted molar refractivity (Wildman–Crippen MR) is 70.1 cm³/mol. The minimum atomic E-state index is 0.119. The second-order valence-corrected chi connectivity index (χ2v) is 4.93. The summed E-state index contributed by atoms with van der Waals surface area (Å²) in [5, 5.41) is 3.29. The largest absolute Gasteiger partial charge is 0.473 e. The van der Waals surface area contributed by atoms with E-state index in [2.05, 4.69) is 15.3 Å². The standard InChI is InChI=1S/C13H18N4O2/c18-13-2-1-7-17(13)11-8-15-9-12(16-11)19-10-3-5-14-6-4-10/h8-10,14H,1-7H2. The van der Waals surface area contributed by atoms with Crippen molar-refractivity contribution in [1.82, 2.24) is 15.3 Å². The van der Waals surface area contributed by atoms with E-state index in [-0.39, 0.29) is 12.0 Å². The summed E-state index contributed by atoms with van der Waals surface area (Å²) in [4.78, 5) is 21.9. The molecule has 0 bridgehead atoms. The van der Waals surface area contributed by atoms with Crippen LogP contribution in [0.25, 0.3) is 0 Å². The summed E-state index contributed by atoms with van der Waals surface area (Å²) in [6, 6.07) is 0. The van der Waals surface area contributed by atoms with Crippen LogP contribution in [0.4, 0.5) is 5.82 Å². The summed E-state index contributed by atoms with van der Waals surface area (Å²) in [6.07, 6.45) is 6.88. The molecule has 0 spiro atoms. The van der Waals surface area contributed by atoms with Crippen molar-refractivity contribution in [2.24, 2.45) is 0 Å². The molecule has 102 valence electrons. The molecule has 2 fully saturated rings. The Morgan fingerprint density at radius 1 is 1.32 bits per heavy atom. The lowest BCUT2D eigenvalue weighted by molar-refractivity contribution is -0.117. The third kappa shape index (κ3) is 2.84. The van der Waals surface area contributed by atoms with Crippen LogP contribution in [0.3, 0.4) is 0 Å². The van der Waals surface area contributed by atoms with E-state index in [0.717, 1.165) is 38.9 Å². The maximum absolute atomic E-state index is 11.7. The lowest BCUT2D eigenvalue weighted by atomic mass is 10.1. The van der Waals surface area contributed by atoms with E-state index in [9.17, 15) is 4.79 Å². The highest BCUT2D eigenvalue weighted by molar-refractivity contribution is 5.94. The molecule has 0 aliphatic carbocycles. The number of nitrogens with zero attached hydrogens (tertiary/aromatic N) is 3. The van der Waals surface area contributed by atoms with Crippen molar-refractivity contribution in [3.8, 4) is 5.88 Å². The number of aromatic nitrogens is 2. The van der Waals surface area contributed by atoms with Crippen LogP contribution in [0.1, 0.15) is 25.7 Å². The first-order valence-electron chi connectivity index (χ1n) is 6.83. The lowest BCUT2D eigenvalue weighted by Gasteiger charge is -2.23. The Morgan fingerprint density at radius 3 is 2.89 bits per heavy atom. The molecule has 0 radical (unpaired) electrons. The summed E-state index contributed by atoms with van der Waals surface area (Å²) in [5.41, 5.74) is 0. The summed E-state index contributed by atoms with van der Waals surface area (Å²) in [5.74, 6) is 1.24. The van der Waals surface area contributed by atoms with Gasteiger partial charge in [0.1, 0.15) is 6.10 Å². The SMILES string of the molecule is O=C1CCCN1c1cncc(OC2CCNCC2)n1. The average molecular weight is 262 g/mol. The van der Waals surface area contributed by atoms with Crippen LogP contribution in [0.15, 0.2) is 12.4 Å². The molecule has 6 heteroatoms. The van der Waals surface area contributed by atoms with Crippen molar-refractivity contribution in [3.05, 3.63) is 12.4 Å². The predicted octanol–water partition coefficient (Wildman–Crippen LogP) is 0.734. The highest BCUT2D eigenvalue weighted by atomic mass is 16.5. The maximum Gasteiger partial charge on any atom is 0.234 e. The van der Waals surface area contributed by atoms with Crippen LogP contribution in [-0.4, -0.2) is 41.6 Å². The van der Waals surface area contributed by atoms with Crippen LogP contribution in [0.2, 0.25) is 0 Å². The van der Waals surface area contributed by atoms with Crippen LogP contribution >= 0.6 is 0 Å². The van der Waals surface area contributed by atoms with Crippen molar-refractivity contribution < 1.29 is 9.53 Å². The molecular formula is C13H18N4O2. The van der Waals surface area contributed by atoms with Gasteiger partial charge >= 0.3 is 0 Å². The fraction of sp³-hybridized carbons (Fsp3) is 0.615. The van der Waals surface area contributed by atoms with Gasteiger partial charge in [-0.2, -0.15) is 4.98 Å². The number of hydrogen-bond acceptors (Lipinski definition) is 5. The summed E-state index contributed by atoms with van der Waals surface area (Å²) >= 11 is 0. The second kappa shape index (κ2) is 5.52. The molecule has 1 amide bonds. The zero-order chi connectivity index (χ0) is 13.1. The number of carbonyl (C=O) groups excluding carboxylic acids is 1. The van der Waals surface area contributed by atoms with E-state index in [1.54, 1.807) is 17.3 Å². The maximum atomic E-state index is 11.7. The van der Waals surface area contributed by atoms with Gasteiger partial charge in [-0.1, -0.05) is 0 Å². The Labute approximate surface area is 112 Å². The minimum Gasteiger partial charge on any atom is -0.473 e. The van der Waals surface area contributed by atoms with Crippen LogP contribution in [0.5, 0.6) is 5.88 Å². The molecule has 1 aromatic heterocycles. The number of nitrogens with one attached hydrogen (secondary N) is 1. The Morgan fingerprint density at radius 2 is 2.16 bits per heavy atom. The summed E-state index contributed by atoms with van der Waals surface area (Å²) < 4.78 is 5.84. The number of carbonyl (C=O) groups is 1. The van der Waals surface area contributed by atoms with E-state index in [1.165, 1.54) is 0 Å². The van der Waals surface area contributed by atoms with Crippen LogP contribution < -0.4 is 15.0 Å². The Bertz CT molecular complexity index is 460. The highest BCUT2D eigenvalue weighted by Gasteiger charge is 2.24. The van der Waals surface area contributed by atoms with Crippen LogP contribution in [0, 0.1) is 0 Å². The zero-order valence-electron chi connectivity index (χ0n) is 10.8. The third-order valence-corrected chi connectivity index (χ3v) is 3.52. The Kier molecular flexibility index (Phi) is 3.59. The van der Waals surface area contributed by atoms with Gasteiger partial charge in [0.15, 0.2) is 5.82 Å². The molecule has 2 aliphatic heterocycles. The van der Waals surface area contributed by atoms with Crippen molar-refractivity contribution >= 4 is 11.7 Å². The quantitative estimate of drug-likeness (QED) is 0.870.